The van der Waals surface area contributed by atoms with E-state index in [2.05, 4.69) is 26.7 Å². The van der Waals surface area contributed by atoms with Crippen molar-refractivity contribution in [3.05, 3.63) is 77.0 Å². The Bertz CT molecular complexity index is 1020. The molecule has 2 aromatic rings. The van der Waals surface area contributed by atoms with Crippen LogP contribution in [0, 0.1) is 11.3 Å². The topological polar surface area (TPSA) is 98.9 Å². The van der Waals surface area contributed by atoms with Crippen LogP contribution in [0.2, 0.25) is 0 Å². The molecule has 2 aromatic carbocycles. The molecule has 0 atom stereocenters. The number of nitriles is 1. The molecule has 1 heterocycles. The second-order valence-electron chi connectivity index (χ2n) is 5.74. The number of benzene rings is 2. The van der Waals surface area contributed by atoms with Crippen LogP contribution in [0.15, 0.2) is 81.6 Å². The van der Waals surface area contributed by atoms with Gasteiger partial charge in [-0.3, -0.25) is 4.79 Å². The van der Waals surface area contributed by atoms with Gasteiger partial charge in [-0.2, -0.15) is 5.26 Å². The van der Waals surface area contributed by atoms with E-state index < -0.39 is 5.91 Å². The quantitative estimate of drug-likeness (QED) is 0.623. The van der Waals surface area contributed by atoms with Crippen LogP contribution in [0.5, 0.6) is 5.75 Å². The standard InChI is InChI=1S/C21H17N5O2/c1-28-18-9-7-15(8-10-18)12-24-25-14-16-13-23-21(27)19(11-22)20(16)26-17-5-3-2-4-6-17/h2-10,12,26H,13H2,1H3,(H,23,27)/b24-12-. The molecule has 0 bridgehead atoms. The monoisotopic (exact) mass is 371 g/mol. The highest BCUT2D eigenvalue weighted by Crippen LogP contribution is 2.20. The van der Waals surface area contributed by atoms with Gasteiger partial charge >= 0.3 is 0 Å². The summed E-state index contributed by atoms with van der Waals surface area (Å²) in [6, 6.07) is 18.5. The predicted molar refractivity (Wildman–Crippen MR) is 107 cm³/mol. The van der Waals surface area contributed by atoms with Crippen LogP contribution in [0.25, 0.3) is 0 Å². The van der Waals surface area contributed by atoms with Crippen LogP contribution in [-0.2, 0) is 4.79 Å². The number of anilines is 1. The Morgan fingerprint density at radius 3 is 2.61 bits per heavy atom. The minimum absolute atomic E-state index is 0.0214. The minimum Gasteiger partial charge on any atom is -0.497 e. The zero-order valence-corrected chi connectivity index (χ0v) is 15.1. The number of carbonyl (C=O) groups excluding carboxylic acids is 1. The lowest BCUT2D eigenvalue weighted by molar-refractivity contribution is -0.117. The third kappa shape index (κ3) is 4.52. The largest absolute Gasteiger partial charge is 0.497 e. The zero-order chi connectivity index (χ0) is 19.8. The van der Waals surface area contributed by atoms with Crippen LogP contribution in [0.1, 0.15) is 5.56 Å². The van der Waals surface area contributed by atoms with Crippen molar-refractivity contribution in [3.8, 4) is 11.8 Å². The highest BCUT2D eigenvalue weighted by atomic mass is 16.5. The zero-order valence-electron chi connectivity index (χ0n) is 15.1. The Morgan fingerprint density at radius 2 is 1.93 bits per heavy atom. The first-order valence-corrected chi connectivity index (χ1v) is 8.45. The number of ether oxygens (including phenoxy) is 1. The van der Waals surface area contributed by atoms with Crippen molar-refractivity contribution in [1.82, 2.24) is 5.32 Å². The number of carbonyl (C=O) groups is 1. The number of nitrogens with one attached hydrogen (secondary N) is 2. The SMILES string of the molecule is COc1ccc(/C=N\N=C=C2CNC(=O)C(C#N)=C2Nc2ccccc2)cc1. The van der Waals surface area contributed by atoms with Gasteiger partial charge in [-0.05, 0) is 42.0 Å². The molecule has 7 nitrogen and oxygen atoms in total. The Hall–Kier alpha value is -4.14. The first-order chi connectivity index (χ1) is 13.7. The van der Waals surface area contributed by atoms with Crippen LogP contribution in [0.4, 0.5) is 5.69 Å². The van der Waals surface area contributed by atoms with Crippen LogP contribution < -0.4 is 15.4 Å². The molecule has 0 fully saturated rings. The first kappa shape index (κ1) is 18.6. The fraction of sp³-hybridized carbons (Fsp3) is 0.0952. The van der Waals surface area contributed by atoms with Crippen molar-refractivity contribution in [2.24, 2.45) is 10.2 Å². The van der Waals surface area contributed by atoms with Crippen LogP contribution >= 0.6 is 0 Å². The van der Waals surface area contributed by atoms with Gasteiger partial charge in [-0.1, -0.05) is 18.2 Å². The Balaban J connectivity index is 1.87. The first-order valence-electron chi connectivity index (χ1n) is 8.45. The maximum absolute atomic E-state index is 12.0. The Labute approximate surface area is 162 Å². The maximum Gasteiger partial charge on any atom is 0.264 e. The molecule has 1 aliphatic heterocycles. The second kappa shape index (κ2) is 8.99. The average Bonchev–Trinajstić information content (AvgIpc) is 2.74. The van der Waals surface area contributed by atoms with E-state index in [0.717, 1.165) is 17.0 Å². The number of nitrogens with zero attached hydrogens (tertiary/aromatic N) is 3. The van der Waals surface area contributed by atoms with Gasteiger partial charge in [0, 0.05) is 11.6 Å². The summed E-state index contributed by atoms with van der Waals surface area (Å²) in [6.07, 6.45) is 1.58. The van der Waals surface area contributed by atoms with E-state index >= 15 is 0 Å². The fourth-order valence-corrected chi connectivity index (χ4v) is 2.49. The van der Waals surface area contributed by atoms with E-state index in [9.17, 15) is 10.1 Å². The van der Waals surface area contributed by atoms with Crippen molar-refractivity contribution in [2.45, 2.75) is 0 Å². The van der Waals surface area contributed by atoms with Gasteiger partial charge in [-0.25, -0.2) is 0 Å². The van der Waals surface area contributed by atoms with Crippen LogP contribution in [0.3, 0.4) is 0 Å². The van der Waals surface area contributed by atoms with E-state index in [-0.39, 0.29) is 12.1 Å². The maximum atomic E-state index is 12.0. The van der Waals surface area contributed by atoms with Crippen molar-refractivity contribution >= 4 is 23.7 Å². The van der Waals surface area contributed by atoms with Gasteiger partial charge < -0.3 is 15.4 Å². The summed E-state index contributed by atoms with van der Waals surface area (Å²) < 4.78 is 5.11. The molecule has 0 radical (unpaired) electrons. The fourth-order valence-electron chi connectivity index (χ4n) is 2.49. The third-order valence-electron chi connectivity index (χ3n) is 3.92. The predicted octanol–water partition coefficient (Wildman–Crippen LogP) is 2.64. The number of methoxy groups -OCH3 is 1. The molecule has 0 aromatic heterocycles. The van der Waals surface area contributed by atoms with Gasteiger partial charge in [0.25, 0.3) is 5.91 Å². The van der Waals surface area contributed by atoms with E-state index in [0.29, 0.717) is 11.3 Å². The van der Waals surface area contributed by atoms with Crippen molar-refractivity contribution in [3.63, 3.8) is 0 Å². The molecular formula is C21H17N5O2. The smallest absolute Gasteiger partial charge is 0.264 e. The highest BCUT2D eigenvalue weighted by molar-refractivity contribution is 6.02. The van der Waals surface area contributed by atoms with E-state index in [1.807, 2.05) is 60.7 Å². The third-order valence-corrected chi connectivity index (χ3v) is 3.92. The minimum atomic E-state index is -0.437. The van der Waals surface area contributed by atoms with Crippen molar-refractivity contribution in [1.29, 1.82) is 5.26 Å². The number of para-hydroxylation sites is 1. The normalized spacial score (nSPS) is 13.6. The van der Waals surface area contributed by atoms with Gasteiger partial charge in [-0.15, -0.1) is 10.2 Å². The number of hydrogen-bond acceptors (Lipinski definition) is 6. The number of amides is 1. The van der Waals surface area contributed by atoms with Gasteiger partial charge in [0.2, 0.25) is 0 Å². The summed E-state index contributed by atoms with van der Waals surface area (Å²) in [5.74, 6) is 3.12. The summed E-state index contributed by atoms with van der Waals surface area (Å²) >= 11 is 0. The molecule has 0 saturated carbocycles. The molecule has 1 aliphatic rings. The second-order valence-corrected chi connectivity index (χ2v) is 5.74. The van der Waals surface area contributed by atoms with E-state index in [1.165, 1.54) is 0 Å². The molecule has 138 valence electrons. The van der Waals surface area contributed by atoms with Crippen LogP contribution in [-0.4, -0.2) is 31.6 Å². The highest BCUT2D eigenvalue weighted by Gasteiger charge is 2.24. The lowest BCUT2D eigenvalue weighted by Crippen LogP contribution is -2.35. The average molecular weight is 371 g/mol. The molecule has 2 N–H and O–H groups in total. The van der Waals surface area contributed by atoms with Crippen molar-refractivity contribution < 1.29 is 9.53 Å². The van der Waals surface area contributed by atoms with Crippen molar-refractivity contribution in [2.75, 3.05) is 19.0 Å². The van der Waals surface area contributed by atoms with E-state index in [4.69, 9.17) is 4.74 Å². The summed E-state index contributed by atoms with van der Waals surface area (Å²) in [5.41, 5.74) is 2.49. The molecule has 3 rings (SSSR count). The van der Waals surface area contributed by atoms with Gasteiger partial charge in [0.05, 0.1) is 31.1 Å². The van der Waals surface area contributed by atoms with E-state index in [1.54, 1.807) is 13.3 Å². The summed E-state index contributed by atoms with van der Waals surface area (Å²) in [4.78, 5) is 12.0. The summed E-state index contributed by atoms with van der Waals surface area (Å²) in [6.45, 7) is 0.195. The molecule has 28 heavy (non-hydrogen) atoms. The lowest BCUT2D eigenvalue weighted by atomic mass is 10.0. The molecule has 1 amide bonds. The summed E-state index contributed by atoms with van der Waals surface area (Å²) in [5, 5.41) is 23.0. The Morgan fingerprint density at radius 1 is 1.18 bits per heavy atom. The summed E-state index contributed by atoms with van der Waals surface area (Å²) in [7, 11) is 1.60. The molecular weight excluding hydrogens is 354 g/mol. The van der Waals surface area contributed by atoms with Gasteiger partial charge in [0.15, 0.2) is 0 Å². The molecule has 0 saturated heterocycles. The molecule has 7 heteroatoms. The lowest BCUT2D eigenvalue weighted by Gasteiger charge is -2.19. The molecule has 0 unspecified atom stereocenters. The number of rotatable bonds is 5. The van der Waals surface area contributed by atoms with Gasteiger partial charge in [0.1, 0.15) is 17.4 Å². The Kier molecular flexibility index (Phi) is 5.99. The molecule has 0 spiro atoms. The molecule has 0 aliphatic carbocycles. The number of hydrogen-bond donors (Lipinski definition) is 2.